The molecule has 5 heteroatoms. The molecule has 0 unspecified atom stereocenters. The molecule has 2 rings (SSSR count). The van der Waals surface area contributed by atoms with Gasteiger partial charge in [0.05, 0.1) is 5.75 Å². The monoisotopic (exact) mass is 293 g/mol. The molecule has 106 valence electrons. The molecule has 0 aliphatic carbocycles. The standard InChI is InChI=1S/C15H16FNO2S/c1-12-6-2-3-7-13(12)10-17-20(18,19)11-14-8-4-5-9-15(14)16/h2-9,17H,10-11H2,1H3. The molecule has 0 radical (unpaired) electrons. The fourth-order valence-electron chi connectivity index (χ4n) is 1.87. The molecule has 0 atom stereocenters. The van der Waals surface area contributed by atoms with Crippen molar-refractivity contribution in [3.8, 4) is 0 Å². The Hall–Kier alpha value is -1.72. The lowest BCUT2D eigenvalue weighted by molar-refractivity contribution is 0.574. The zero-order chi connectivity index (χ0) is 14.6. The van der Waals surface area contributed by atoms with Crippen LogP contribution in [0.3, 0.4) is 0 Å². The molecule has 0 heterocycles. The molecule has 0 spiro atoms. The summed E-state index contributed by atoms with van der Waals surface area (Å²) in [5.74, 6) is -0.861. The summed E-state index contributed by atoms with van der Waals surface area (Å²) in [7, 11) is -3.56. The molecule has 0 saturated heterocycles. The molecule has 0 amide bonds. The third-order valence-electron chi connectivity index (χ3n) is 3.05. The fourth-order valence-corrected chi connectivity index (χ4v) is 2.99. The average Bonchev–Trinajstić information content (AvgIpc) is 2.40. The van der Waals surface area contributed by atoms with Crippen molar-refractivity contribution in [1.29, 1.82) is 0 Å². The predicted molar refractivity (Wildman–Crippen MR) is 77.0 cm³/mol. The topological polar surface area (TPSA) is 46.2 Å². The zero-order valence-corrected chi connectivity index (χ0v) is 12.0. The Kier molecular flexibility index (Phi) is 4.52. The summed E-state index contributed by atoms with van der Waals surface area (Å²) < 4.78 is 39.9. The number of rotatable bonds is 5. The number of sulfonamides is 1. The number of benzene rings is 2. The summed E-state index contributed by atoms with van der Waals surface area (Å²) in [6.45, 7) is 2.13. The largest absolute Gasteiger partial charge is 0.216 e. The second-order valence-corrected chi connectivity index (χ2v) is 6.40. The second kappa shape index (κ2) is 6.15. The van der Waals surface area contributed by atoms with Crippen LogP contribution in [0, 0.1) is 12.7 Å². The van der Waals surface area contributed by atoms with Gasteiger partial charge in [-0.15, -0.1) is 0 Å². The van der Waals surface area contributed by atoms with E-state index in [1.165, 1.54) is 18.2 Å². The van der Waals surface area contributed by atoms with Crippen LogP contribution in [0.1, 0.15) is 16.7 Å². The smallest absolute Gasteiger partial charge is 0.212 e. The molecule has 0 aliphatic heterocycles. The van der Waals surface area contributed by atoms with Crippen molar-refractivity contribution in [3.63, 3.8) is 0 Å². The van der Waals surface area contributed by atoms with Gasteiger partial charge < -0.3 is 0 Å². The van der Waals surface area contributed by atoms with Crippen LogP contribution in [0.5, 0.6) is 0 Å². The van der Waals surface area contributed by atoms with Gasteiger partial charge in [0.25, 0.3) is 0 Å². The summed E-state index contributed by atoms with van der Waals surface area (Å²) in [5.41, 5.74) is 2.09. The highest BCUT2D eigenvalue weighted by atomic mass is 32.2. The average molecular weight is 293 g/mol. The van der Waals surface area contributed by atoms with Crippen molar-refractivity contribution in [1.82, 2.24) is 4.72 Å². The van der Waals surface area contributed by atoms with Gasteiger partial charge in [0.15, 0.2) is 0 Å². The SMILES string of the molecule is Cc1ccccc1CNS(=O)(=O)Cc1ccccc1F. The van der Waals surface area contributed by atoms with Gasteiger partial charge in [-0.25, -0.2) is 17.5 Å². The number of hydrogen-bond acceptors (Lipinski definition) is 2. The number of halogens is 1. The van der Waals surface area contributed by atoms with E-state index in [9.17, 15) is 12.8 Å². The molecule has 0 aromatic heterocycles. The highest BCUT2D eigenvalue weighted by Gasteiger charge is 2.14. The van der Waals surface area contributed by atoms with Gasteiger partial charge in [-0.3, -0.25) is 0 Å². The lowest BCUT2D eigenvalue weighted by Crippen LogP contribution is -2.25. The van der Waals surface area contributed by atoms with E-state index in [-0.39, 0.29) is 17.9 Å². The lowest BCUT2D eigenvalue weighted by atomic mass is 10.1. The summed E-state index contributed by atoms with van der Waals surface area (Å²) in [5, 5.41) is 0. The number of hydrogen-bond donors (Lipinski definition) is 1. The van der Waals surface area contributed by atoms with Gasteiger partial charge >= 0.3 is 0 Å². The van der Waals surface area contributed by atoms with Crippen LogP contribution in [-0.4, -0.2) is 8.42 Å². The van der Waals surface area contributed by atoms with E-state index in [0.29, 0.717) is 0 Å². The van der Waals surface area contributed by atoms with Crippen LogP contribution in [0.15, 0.2) is 48.5 Å². The minimum atomic E-state index is -3.56. The van der Waals surface area contributed by atoms with Crippen molar-refractivity contribution in [3.05, 3.63) is 71.0 Å². The van der Waals surface area contributed by atoms with Gasteiger partial charge in [0.2, 0.25) is 10.0 Å². The summed E-state index contributed by atoms with van der Waals surface area (Å²) in [6.07, 6.45) is 0. The van der Waals surface area contributed by atoms with E-state index in [4.69, 9.17) is 0 Å². The quantitative estimate of drug-likeness (QED) is 0.921. The van der Waals surface area contributed by atoms with E-state index < -0.39 is 15.8 Å². The van der Waals surface area contributed by atoms with Crippen LogP contribution in [0.2, 0.25) is 0 Å². The minimum Gasteiger partial charge on any atom is -0.212 e. The maximum absolute atomic E-state index is 13.5. The summed E-state index contributed by atoms with van der Waals surface area (Å²) in [6, 6.07) is 13.4. The first kappa shape index (κ1) is 14.7. The van der Waals surface area contributed by atoms with Crippen molar-refractivity contribution in [2.75, 3.05) is 0 Å². The molecular formula is C15H16FNO2S. The Bertz CT molecular complexity index is 699. The summed E-state index contributed by atoms with van der Waals surface area (Å²) >= 11 is 0. The lowest BCUT2D eigenvalue weighted by Gasteiger charge is -2.09. The van der Waals surface area contributed by atoms with E-state index in [1.54, 1.807) is 6.07 Å². The molecule has 2 aromatic rings. The molecule has 0 fully saturated rings. The molecule has 20 heavy (non-hydrogen) atoms. The molecule has 3 nitrogen and oxygen atoms in total. The van der Waals surface area contributed by atoms with Crippen molar-refractivity contribution in [2.24, 2.45) is 0 Å². The van der Waals surface area contributed by atoms with Gasteiger partial charge in [-0.1, -0.05) is 42.5 Å². The van der Waals surface area contributed by atoms with Crippen molar-refractivity contribution >= 4 is 10.0 Å². The van der Waals surface area contributed by atoms with Gasteiger partial charge in [-0.2, -0.15) is 0 Å². The number of aryl methyl sites for hydroxylation is 1. The molecular weight excluding hydrogens is 277 g/mol. The van der Waals surface area contributed by atoms with Gasteiger partial charge in [0.1, 0.15) is 5.82 Å². The Balaban J connectivity index is 2.05. The molecule has 2 aromatic carbocycles. The van der Waals surface area contributed by atoms with E-state index in [2.05, 4.69) is 4.72 Å². The first-order chi connectivity index (χ1) is 9.48. The molecule has 0 aliphatic rings. The predicted octanol–water partition coefficient (Wildman–Crippen LogP) is 2.75. The van der Waals surface area contributed by atoms with E-state index in [1.807, 2.05) is 31.2 Å². The summed E-state index contributed by atoms with van der Waals surface area (Å²) in [4.78, 5) is 0. The fraction of sp³-hybridized carbons (Fsp3) is 0.200. The maximum atomic E-state index is 13.5. The van der Waals surface area contributed by atoms with Crippen molar-refractivity contribution < 1.29 is 12.8 Å². The van der Waals surface area contributed by atoms with Crippen LogP contribution in [0.25, 0.3) is 0 Å². The Morgan fingerprint density at radius 3 is 2.25 bits per heavy atom. The Labute approximate surface area is 118 Å². The highest BCUT2D eigenvalue weighted by molar-refractivity contribution is 7.88. The molecule has 0 saturated carbocycles. The van der Waals surface area contributed by atoms with Crippen LogP contribution in [-0.2, 0) is 22.3 Å². The Morgan fingerprint density at radius 2 is 1.60 bits per heavy atom. The molecule has 0 bridgehead atoms. The van der Waals surface area contributed by atoms with Gasteiger partial charge in [0, 0.05) is 12.1 Å². The van der Waals surface area contributed by atoms with Gasteiger partial charge in [-0.05, 0) is 24.1 Å². The Morgan fingerprint density at radius 1 is 1.00 bits per heavy atom. The third-order valence-corrected chi connectivity index (χ3v) is 4.32. The highest BCUT2D eigenvalue weighted by Crippen LogP contribution is 2.11. The van der Waals surface area contributed by atoms with E-state index in [0.717, 1.165) is 11.1 Å². The van der Waals surface area contributed by atoms with Crippen molar-refractivity contribution in [2.45, 2.75) is 19.2 Å². The zero-order valence-electron chi connectivity index (χ0n) is 11.1. The first-order valence-electron chi connectivity index (χ1n) is 6.23. The minimum absolute atomic E-state index is 0.171. The maximum Gasteiger partial charge on any atom is 0.216 e. The normalized spacial score (nSPS) is 11.5. The third kappa shape index (κ3) is 3.88. The second-order valence-electron chi connectivity index (χ2n) is 4.60. The first-order valence-corrected chi connectivity index (χ1v) is 7.88. The van der Waals surface area contributed by atoms with E-state index >= 15 is 0 Å². The van der Waals surface area contributed by atoms with Crippen LogP contribution in [0.4, 0.5) is 4.39 Å². The number of nitrogens with one attached hydrogen (secondary N) is 1. The van der Waals surface area contributed by atoms with Crippen LogP contribution >= 0.6 is 0 Å². The molecule has 1 N–H and O–H groups in total. The van der Waals surface area contributed by atoms with Crippen LogP contribution < -0.4 is 4.72 Å².